The zero-order valence-electron chi connectivity index (χ0n) is 11.1. The Bertz CT molecular complexity index is 578. The lowest BCUT2D eigenvalue weighted by Crippen LogP contribution is -2.14. The number of rotatable bonds is 4. The molecule has 0 amide bonds. The van der Waals surface area contributed by atoms with Crippen LogP contribution in [0.1, 0.15) is 18.2 Å². The van der Waals surface area contributed by atoms with Crippen molar-refractivity contribution in [2.45, 2.75) is 20.0 Å². The lowest BCUT2D eigenvalue weighted by Gasteiger charge is -2.13. The van der Waals surface area contributed by atoms with E-state index in [0.29, 0.717) is 12.4 Å². The quantitative estimate of drug-likeness (QED) is 0.862. The molecule has 1 heterocycles. The fraction of sp³-hybridized carbons (Fsp3) is 0.267. The third-order valence-corrected chi connectivity index (χ3v) is 2.92. The van der Waals surface area contributed by atoms with E-state index >= 15 is 0 Å². The van der Waals surface area contributed by atoms with Crippen LogP contribution in [0.3, 0.4) is 0 Å². The van der Waals surface area contributed by atoms with E-state index in [1.165, 1.54) is 0 Å². The summed E-state index contributed by atoms with van der Waals surface area (Å²) < 4.78 is 7.62. The Morgan fingerprint density at radius 2 is 1.84 bits per heavy atom. The molecule has 0 aliphatic heterocycles. The summed E-state index contributed by atoms with van der Waals surface area (Å²) in [6, 6.07) is 11.4. The molecule has 4 heteroatoms. The number of aryl methyl sites for hydroxylation is 1. The number of nitrogens with zero attached hydrogens (tertiary/aromatic N) is 1. The number of aromatic nitrogens is 1. The maximum absolute atomic E-state index is 11.8. The van der Waals surface area contributed by atoms with Gasteiger partial charge in [-0.25, -0.2) is 0 Å². The molecule has 0 aliphatic rings. The van der Waals surface area contributed by atoms with Crippen molar-refractivity contribution in [1.82, 2.24) is 4.57 Å². The van der Waals surface area contributed by atoms with E-state index in [-0.39, 0.29) is 17.8 Å². The number of hydrogen-bond acceptors (Lipinski definition) is 2. The van der Waals surface area contributed by atoms with Gasteiger partial charge in [-0.15, -0.1) is 12.4 Å². The van der Waals surface area contributed by atoms with Crippen molar-refractivity contribution in [3.63, 3.8) is 0 Å². The first-order chi connectivity index (χ1) is 8.72. The molecule has 0 fully saturated rings. The van der Waals surface area contributed by atoms with Gasteiger partial charge in [0.15, 0.2) is 5.75 Å². The summed E-state index contributed by atoms with van der Waals surface area (Å²) in [7, 11) is 1.92. The Labute approximate surface area is 119 Å². The fourth-order valence-corrected chi connectivity index (χ4v) is 1.94. The molecule has 19 heavy (non-hydrogen) atoms. The predicted molar refractivity (Wildman–Crippen MR) is 79.1 cm³/mol. The highest BCUT2D eigenvalue weighted by Crippen LogP contribution is 2.14. The van der Waals surface area contributed by atoms with E-state index in [9.17, 15) is 4.79 Å². The molecule has 3 nitrogen and oxygen atoms in total. The molecule has 2 aromatic rings. The Morgan fingerprint density at radius 1 is 1.16 bits per heavy atom. The topological polar surface area (TPSA) is 31.2 Å². The van der Waals surface area contributed by atoms with Gasteiger partial charge in [-0.05, 0) is 12.0 Å². The Morgan fingerprint density at radius 3 is 2.47 bits per heavy atom. The van der Waals surface area contributed by atoms with E-state index in [1.807, 2.05) is 48.9 Å². The van der Waals surface area contributed by atoms with Crippen molar-refractivity contribution in [2.75, 3.05) is 0 Å². The minimum Gasteiger partial charge on any atom is -0.483 e. The molecule has 0 N–H and O–H groups in total. The van der Waals surface area contributed by atoms with Crippen LogP contribution >= 0.6 is 12.4 Å². The van der Waals surface area contributed by atoms with Crippen LogP contribution in [0.15, 0.2) is 47.4 Å². The van der Waals surface area contributed by atoms with Gasteiger partial charge in [0.1, 0.15) is 6.61 Å². The van der Waals surface area contributed by atoms with Gasteiger partial charge in [0, 0.05) is 19.3 Å². The van der Waals surface area contributed by atoms with E-state index in [4.69, 9.17) is 4.74 Å². The summed E-state index contributed by atoms with van der Waals surface area (Å²) in [6.45, 7) is 2.44. The molecule has 1 aromatic heterocycles. The molecule has 0 saturated carbocycles. The first kappa shape index (κ1) is 15.3. The van der Waals surface area contributed by atoms with Crippen molar-refractivity contribution in [1.29, 1.82) is 0 Å². The van der Waals surface area contributed by atoms with Crippen LogP contribution in [0.4, 0.5) is 0 Å². The van der Waals surface area contributed by atoms with Crippen LogP contribution in [0.25, 0.3) is 0 Å². The van der Waals surface area contributed by atoms with E-state index in [1.54, 1.807) is 12.3 Å². The zero-order valence-corrected chi connectivity index (χ0v) is 11.9. The van der Waals surface area contributed by atoms with Gasteiger partial charge in [-0.2, -0.15) is 0 Å². The fourth-order valence-electron chi connectivity index (χ4n) is 1.94. The maximum atomic E-state index is 11.8. The van der Waals surface area contributed by atoms with Crippen LogP contribution in [-0.4, -0.2) is 4.57 Å². The summed E-state index contributed by atoms with van der Waals surface area (Å²) in [5.74, 6) is 0.464. The molecule has 0 atom stereocenters. The first-order valence-corrected chi connectivity index (χ1v) is 6.07. The van der Waals surface area contributed by atoms with Crippen molar-refractivity contribution in [3.05, 3.63) is 64.1 Å². The smallest absolute Gasteiger partial charge is 0.223 e. The van der Waals surface area contributed by atoms with Gasteiger partial charge < -0.3 is 9.30 Å². The Kier molecular flexibility index (Phi) is 5.64. The van der Waals surface area contributed by atoms with Gasteiger partial charge in [0.2, 0.25) is 5.43 Å². The van der Waals surface area contributed by atoms with Gasteiger partial charge in [-0.3, -0.25) is 4.79 Å². The second kappa shape index (κ2) is 7.00. The van der Waals surface area contributed by atoms with Crippen molar-refractivity contribution in [2.24, 2.45) is 7.05 Å². The summed E-state index contributed by atoms with van der Waals surface area (Å²) in [5.41, 5.74) is 1.93. The van der Waals surface area contributed by atoms with Crippen LogP contribution in [0, 0.1) is 0 Å². The number of halogens is 1. The monoisotopic (exact) mass is 279 g/mol. The standard InChI is InChI=1S/C15H17NO2.ClH/c1-3-13-15(14(17)9-10-16(13)2)18-11-12-7-5-4-6-8-12;/h4-10H,3,11H2,1-2H3;1H. The van der Waals surface area contributed by atoms with E-state index < -0.39 is 0 Å². The third kappa shape index (κ3) is 3.61. The number of ether oxygens (including phenoxy) is 1. The normalized spacial score (nSPS) is 9.79. The average Bonchev–Trinajstić information content (AvgIpc) is 2.41. The summed E-state index contributed by atoms with van der Waals surface area (Å²) in [4.78, 5) is 11.8. The lowest BCUT2D eigenvalue weighted by molar-refractivity contribution is 0.296. The minimum absolute atomic E-state index is 0. The molecule has 0 unspecified atom stereocenters. The highest BCUT2D eigenvalue weighted by Gasteiger charge is 2.09. The second-order valence-corrected chi connectivity index (χ2v) is 4.19. The molecule has 102 valence electrons. The molecule has 2 rings (SSSR count). The number of pyridine rings is 1. The molecule has 1 aromatic carbocycles. The molecule has 0 bridgehead atoms. The Hall–Kier alpha value is -1.74. The summed E-state index contributed by atoms with van der Waals surface area (Å²) in [6.07, 6.45) is 2.55. The first-order valence-electron chi connectivity index (χ1n) is 6.07. The predicted octanol–water partition coefficient (Wildman–Crippen LogP) is 2.95. The molecule has 0 saturated heterocycles. The molecular formula is C15H18ClNO2. The zero-order chi connectivity index (χ0) is 13.0. The maximum Gasteiger partial charge on any atom is 0.223 e. The van der Waals surface area contributed by atoms with Crippen LogP contribution in [-0.2, 0) is 20.1 Å². The van der Waals surface area contributed by atoms with E-state index in [2.05, 4.69) is 0 Å². The lowest BCUT2D eigenvalue weighted by atomic mass is 10.2. The highest BCUT2D eigenvalue weighted by atomic mass is 35.5. The van der Waals surface area contributed by atoms with Crippen molar-refractivity contribution >= 4 is 12.4 Å². The Balaban J connectivity index is 0.00000180. The molecular weight excluding hydrogens is 262 g/mol. The van der Waals surface area contributed by atoms with E-state index in [0.717, 1.165) is 17.7 Å². The number of benzene rings is 1. The van der Waals surface area contributed by atoms with Crippen LogP contribution in [0.5, 0.6) is 5.75 Å². The van der Waals surface area contributed by atoms with Crippen LogP contribution < -0.4 is 10.2 Å². The van der Waals surface area contributed by atoms with Gasteiger partial charge in [0.05, 0.1) is 5.69 Å². The molecule has 0 radical (unpaired) electrons. The SMILES string of the molecule is CCc1c(OCc2ccccc2)c(=O)ccn1C.Cl. The average molecular weight is 280 g/mol. The third-order valence-electron chi connectivity index (χ3n) is 2.92. The molecule has 0 aliphatic carbocycles. The summed E-state index contributed by atoms with van der Waals surface area (Å²) in [5, 5.41) is 0. The highest BCUT2D eigenvalue weighted by molar-refractivity contribution is 5.85. The minimum atomic E-state index is -0.0547. The van der Waals surface area contributed by atoms with Crippen molar-refractivity contribution in [3.8, 4) is 5.75 Å². The van der Waals surface area contributed by atoms with Crippen molar-refractivity contribution < 1.29 is 4.74 Å². The van der Waals surface area contributed by atoms with Gasteiger partial charge in [0.25, 0.3) is 0 Å². The summed E-state index contributed by atoms with van der Waals surface area (Å²) >= 11 is 0. The second-order valence-electron chi connectivity index (χ2n) is 4.19. The largest absolute Gasteiger partial charge is 0.483 e. The number of hydrogen-bond donors (Lipinski definition) is 0. The van der Waals surface area contributed by atoms with Gasteiger partial charge >= 0.3 is 0 Å². The molecule has 0 spiro atoms. The van der Waals surface area contributed by atoms with Gasteiger partial charge in [-0.1, -0.05) is 37.3 Å². The van der Waals surface area contributed by atoms with Crippen LogP contribution in [0.2, 0.25) is 0 Å².